The molecule has 0 unspecified atom stereocenters. The van der Waals surface area contributed by atoms with E-state index >= 15 is 0 Å². The first kappa shape index (κ1) is 22.3. The number of fused-ring (bicyclic) bond motifs is 1. The summed E-state index contributed by atoms with van der Waals surface area (Å²) in [4.78, 5) is 27.4. The van der Waals surface area contributed by atoms with Crippen LogP contribution >= 0.6 is 0 Å². The highest BCUT2D eigenvalue weighted by Gasteiger charge is 2.40. The molecule has 4 rings (SSSR count). The third-order valence-corrected chi connectivity index (χ3v) is 7.78. The molecule has 2 aliphatic rings. The van der Waals surface area contributed by atoms with Gasteiger partial charge in [-0.2, -0.15) is 4.31 Å². The summed E-state index contributed by atoms with van der Waals surface area (Å²) in [6.07, 6.45) is 0.213. The molecule has 1 amide bonds. The molecule has 0 aliphatic carbocycles. The number of methoxy groups -OCH3 is 1. The zero-order chi connectivity index (χ0) is 22.9. The van der Waals surface area contributed by atoms with Gasteiger partial charge in [-0.15, -0.1) is 0 Å². The van der Waals surface area contributed by atoms with Gasteiger partial charge in [-0.05, 0) is 44.0 Å². The summed E-state index contributed by atoms with van der Waals surface area (Å²) >= 11 is 0. The van der Waals surface area contributed by atoms with Crippen LogP contribution in [0.2, 0.25) is 0 Å². The number of para-hydroxylation sites is 2. The Morgan fingerprint density at radius 1 is 1.06 bits per heavy atom. The fourth-order valence-corrected chi connectivity index (χ4v) is 5.66. The van der Waals surface area contributed by atoms with Crippen molar-refractivity contribution in [1.29, 1.82) is 0 Å². The molecule has 2 atom stereocenters. The molecule has 0 N–H and O–H groups in total. The fraction of sp³-hybridized carbons (Fsp3) is 0.391. The van der Waals surface area contributed by atoms with Crippen LogP contribution in [-0.4, -0.2) is 57.4 Å². The maximum atomic E-state index is 13.5. The van der Waals surface area contributed by atoms with Crippen LogP contribution in [0.3, 0.4) is 0 Å². The van der Waals surface area contributed by atoms with Gasteiger partial charge in [0.1, 0.15) is 5.75 Å². The van der Waals surface area contributed by atoms with Gasteiger partial charge in [-0.1, -0.05) is 29.8 Å². The van der Waals surface area contributed by atoms with Crippen molar-refractivity contribution in [2.45, 2.75) is 30.8 Å². The van der Waals surface area contributed by atoms with Crippen LogP contribution in [0.15, 0.2) is 53.4 Å². The SMILES string of the molecule is COC(=O)[C@@H]1CN(C(=O)[C@H]2CCCN(S(=O)(=O)c3ccc(C)cc3)C2)c2ccccc2O1. The molecule has 1 fully saturated rings. The van der Waals surface area contributed by atoms with Crippen LogP contribution in [0.1, 0.15) is 18.4 Å². The lowest BCUT2D eigenvalue weighted by molar-refractivity contribution is -0.148. The fourth-order valence-electron chi connectivity index (χ4n) is 4.14. The average Bonchev–Trinajstić information content (AvgIpc) is 2.82. The van der Waals surface area contributed by atoms with E-state index in [0.717, 1.165) is 5.56 Å². The average molecular weight is 459 g/mol. The van der Waals surface area contributed by atoms with E-state index in [2.05, 4.69) is 0 Å². The van der Waals surface area contributed by atoms with Gasteiger partial charge in [0, 0.05) is 13.1 Å². The van der Waals surface area contributed by atoms with Crippen molar-refractivity contribution in [2.24, 2.45) is 5.92 Å². The second-order valence-electron chi connectivity index (χ2n) is 8.06. The number of benzene rings is 2. The van der Waals surface area contributed by atoms with Crippen LogP contribution in [0.5, 0.6) is 5.75 Å². The van der Waals surface area contributed by atoms with Crippen LogP contribution in [0.4, 0.5) is 5.69 Å². The molecule has 0 radical (unpaired) electrons. The first-order chi connectivity index (χ1) is 15.3. The summed E-state index contributed by atoms with van der Waals surface area (Å²) in [5, 5.41) is 0. The molecule has 2 aromatic carbocycles. The number of hydrogen-bond acceptors (Lipinski definition) is 6. The summed E-state index contributed by atoms with van der Waals surface area (Å²) < 4.78 is 38.2. The van der Waals surface area contributed by atoms with Crippen LogP contribution in [0, 0.1) is 12.8 Å². The standard InChI is InChI=1S/C23H26N2O6S/c1-16-9-11-18(12-10-16)32(28,29)24-13-5-6-17(14-24)22(26)25-15-21(23(27)30-2)31-20-8-4-3-7-19(20)25/h3-4,7-12,17,21H,5-6,13-15H2,1-2H3/t17-,21-/m0/s1. The summed E-state index contributed by atoms with van der Waals surface area (Å²) in [5.41, 5.74) is 1.54. The Hall–Kier alpha value is -2.91. The Labute approximate surface area is 187 Å². The number of ether oxygens (including phenoxy) is 2. The van der Waals surface area contributed by atoms with Gasteiger partial charge in [0.15, 0.2) is 0 Å². The number of nitrogens with zero attached hydrogens (tertiary/aromatic N) is 2. The third kappa shape index (κ3) is 4.22. The third-order valence-electron chi connectivity index (χ3n) is 5.90. The van der Waals surface area contributed by atoms with Gasteiger partial charge in [0.2, 0.25) is 22.0 Å². The number of carbonyl (C=O) groups excluding carboxylic acids is 2. The highest BCUT2D eigenvalue weighted by Crippen LogP contribution is 2.35. The topological polar surface area (TPSA) is 93.2 Å². The van der Waals surface area contributed by atoms with E-state index in [1.807, 2.05) is 6.92 Å². The number of piperidine rings is 1. The van der Waals surface area contributed by atoms with Crippen molar-refractivity contribution in [1.82, 2.24) is 4.31 Å². The first-order valence-corrected chi connectivity index (χ1v) is 12.0. The highest BCUT2D eigenvalue weighted by atomic mass is 32.2. The van der Waals surface area contributed by atoms with Gasteiger partial charge in [0.25, 0.3) is 0 Å². The molecular weight excluding hydrogens is 432 g/mol. The zero-order valence-electron chi connectivity index (χ0n) is 18.1. The molecule has 1 saturated heterocycles. The molecule has 170 valence electrons. The molecule has 9 heteroatoms. The van der Waals surface area contributed by atoms with Crippen molar-refractivity contribution in [3.05, 3.63) is 54.1 Å². The van der Waals surface area contributed by atoms with Crippen molar-refractivity contribution in [3.63, 3.8) is 0 Å². The van der Waals surface area contributed by atoms with Crippen LogP contribution in [-0.2, 0) is 24.3 Å². The lowest BCUT2D eigenvalue weighted by Gasteiger charge is -2.38. The van der Waals surface area contributed by atoms with E-state index in [-0.39, 0.29) is 23.9 Å². The van der Waals surface area contributed by atoms with E-state index in [1.165, 1.54) is 16.3 Å². The quantitative estimate of drug-likeness (QED) is 0.653. The molecule has 2 aliphatic heterocycles. The van der Waals surface area contributed by atoms with Gasteiger partial charge in [0.05, 0.1) is 30.2 Å². The number of esters is 1. The summed E-state index contributed by atoms with van der Waals surface area (Å²) in [6.45, 7) is 2.37. The van der Waals surface area contributed by atoms with Gasteiger partial charge < -0.3 is 14.4 Å². The lowest BCUT2D eigenvalue weighted by Crippen LogP contribution is -2.52. The Kier molecular flexibility index (Phi) is 6.21. The summed E-state index contributed by atoms with van der Waals surface area (Å²) in [7, 11) is -2.43. The second kappa shape index (κ2) is 8.91. The Balaban J connectivity index is 1.57. The Morgan fingerprint density at radius 3 is 2.50 bits per heavy atom. The number of carbonyl (C=O) groups is 2. The molecule has 32 heavy (non-hydrogen) atoms. The smallest absolute Gasteiger partial charge is 0.348 e. The summed E-state index contributed by atoms with van der Waals surface area (Å²) in [5.74, 6) is -0.890. The van der Waals surface area contributed by atoms with E-state index in [9.17, 15) is 18.0 Å². The minimum Gasteiger partial charge on any atom is -0.475 e. The van der Waals surface area contributed by atoms with Crippen molar-refractivity contribution in [2.75, 3.05) is 31.6 Å². The van der Waals surface area contributed by atoms with E-state index in [4.69, 9.17) is 9.47 Å². The van der Waals surface area contributed by atoms with Crippen molar-refractivity contribution >= 4 is 27.6 Å². The van der Waals surface area contributed by atoms with Gasteiger partial charge in [-0.3, -0.25) is 4.79 Å². The van der Waals surface area contributed by atoms with Crippen LogP contribution in [0.25, 0.3) is 0 Å². The normalized spacial score (nSPS) is 21.4. The monoisotopic (exact) mass is 458 g/mol. The number of amides is 1. The molecular formula is C23H26N2O6S. The number of anilines is 1. The zero-order valence-corrected chi connectivity index (χ0v) is 18.9. The minimum atomic E-state index is -3.70. The predicted molar refractivity (Wildman–Crippen MR) is 118 cm³/mol. The molecule has 0 spiro atoms. The first-order valence-electron chi connectivity index (χ1n) is 10.5. The maximum Gasteiger partial charge on any atom is 0.348 e. The minimum absolute atomic E-state index is 0.0176. The van der Waals surface area contributed by atoms with E-state index < -0.39 is 28.0 Å². The van der Waals surface area contributed by atoms with Crippen LogP contribution < -0.4 is 9.64 Å². The molecule has 2 aromatic rings. The predicted octanol–water partition coefficient (Wildman–Crippen LogP) is 2.36. The number of hydrogen-bond donors (Lipinski definition) is 0. The lowest BCUT2D eigenvalue weighted by atomic mass is 9.97. The Bertz CT molecular complexity index is 1120. The van der Waals surface area contributed by atoms with Crippen molar-refractivity contribution < 1.29 is 27.5 Å². The van der Waals surface area contributed by atoms with Gasteiger partial charge >= 0.3 is 5.97 Å². The van der Waals surface area contributed by atoms with E-state index in [0.29, 0.717) is 30.8 Å². The van der Waals surface area contributed by atoms with E-state index in [1.54, 1.807) is 48.5 Å². The summed E-state index contributed by atoms with van der Waals surface area (Å²) in [6, 6.07) is 13.7. The largest absolute Gasteiger partial charge is 0.475 e. The second-order valence-corrected chi connectivity index (χ2v) is 10.00. The Morgan fingerprint density at radius 2 is 1.78 bits per heavy atom. The number of rotatable bonds is 4. The van der Waals surface area contributed by atoms with Gasteiger partial charge in [-0.25, -0.2) is 13.2 Å². The number of sulfonamides is 1. The van der Waals surface area contributed by atoms with Crippen molar-refractivity contribution in [3.8, 4) is 5.75 Å². The highest BCUT2D eigenvalue weighted by molar-refractivity contribution is 7.89. The molecule has 8 nitrogen and oxygen atoms in total. The molecule has 0 bridgehead atoms. The molecule has 2 heterocycles. The number of aryl methyl sites for hydroxylation is 1. The maximum absolute atomic E-state index is 13.5. The molecule has 0 saturated carbocycles. The molecule has 0 aromatic heterocycles.